The van der Waals surface area contributed by atoms with Crippen molar-refractivity contribution < 1.29 is 4.43 Å². The molecule has 0 saturated carbocycles. The molecule has 0 aliphatic carbocycles. The van der Waals surface area contributed by atoms with Crippen molar-refractivity contribution in [2.24, 2.45) is 0 Å². The molecule has 0 aliphatic heterocycles. The second-order valence-corrected chi connectivity index (χ2v) is 12.0. The first kappa shape index (κ1) is 25.7. The summed E-state index contributed by atoms with van der Waals surface area (Å²) in [7, 11) is -1.47. The van der Waals surface area contributed by atoms with Crippen LogP contribution in [0.3, 0.4) is 0 Å². The Morgan fingerprint density at radius 3 is 1.73 bits per heavy atom. The first-order valence-corrected chi connectivity index (χ1v) is 14.2. The van der Waals surface area contributed by atoms with Gasteiger partial charge in [0.2, 0.25) is 0 Å². The summed E-state index contributed by atoms with van der Waals surface area (Å²) in [6, 6.07) is 4.21. The number of hydrogen-bond donors (Lipinski definition) is 0. The van der Waals surface area contributed by atoms with Gasteiger partial charge in [0.05, 0.1) is 0 Å². The largest absolute Gasteiger partial charge is 0.417 e. The number of allylic oxidation sites excluding steroid dienone is 4. The van der Waals surface area contributed by atoms with E-state index in [1.54, 1.807) is 0 Å². The third-order valence-electron chi connectivity index (χ3n) is 5.32. The van der Waals surface area contributed by atoms with Gasteiger partial charge in [-0.15, -0.1) is 0 Å². The average molecular weight is 381 g/mol. The van der Waals surface area contributed by atoms with E-state index in [1.807, 2.05) is 0 Å². The van der Waals surface area contributed by atoms with Crippen LogP contribution in [0.15, 0.2) is 24.3 Å². The molecule has 0 amide bonds. The normalized spacial score (nSPS) is 12.6. The van der Waals surface area contributed by atoms with Gasteiger partial charge >= 0.3 is 0 Å². The highest BCUT2D eigenvalue weighted by Gasteiger charge is 2.32. The van der Waals surface area contributed by atoms with Gasteiger partial charge in [0.15, 0.2) is 8.32 Å². The van der Waals surface area contributed by atoms with E-state index in [0.29, 0.717) is 0 Å². The standard InChI is InChI=1S/C24H48OSi/c1-5-9-13-14-15-16-17-18-19-20-21-25-26(22-10-6-2,23-11-7-3)24-12-8-4/h5,9,13-14H,6-8,10-12,15-24H2,1-4H3/b9-5?,14-13+. The Hall–Kier alpha value is -0.343. The molecule has 0 aromatic heterocycles. The van der Waals surface area contributed by atoms with Crippen molar-refractivity contribution in [2.75, 3.05) is 6.61 Å². The molecule has 0 saturated heterocycles. The topological polar surface area (TPSA) is 9.23 Å². The molecule has 0 atom stereocenters. The smallest absolute Gasteiger partial charge is 0.192 e. The van der Waals surface area contributed by atoms with Crippen LogP contribution in [-0.4, -0.2) is 14.9 Å². The summed E-state index contributed by atoms with van der Waals surface area (Å²) in [5.41, 5.74) is 0. The van der Waals surface area contributed by atoms with Gasteiger partial charge in [0.25, 0.3) is 0 Å². The van der Waals surface area contributed by atoms with Gasteiger partial charge in [-0.1, -0.05) is 103 Å². The van der Waals surface area contributed by atoms with E-state index in [9.17, 15) is 0 Å². The van der Waals surface area contributed by atoms with Crippen molar-refractivity contribution in [3.8, 4) is 0 Å². The maximum absolute atomic E-state index is 6.73. The molecule has 0 radical (unpaired) electrons. The highest BCUT2D eigenvalue weighted by atomic mass is 28.4. The van der Waals surface area contributed by atoms with Gasteiger partial charge in [-0.2, -0.15) is 0 Å². The molecule has 0 unspecified atom stereocenters. The van der Waals surface area contributed by atoms with Crippen molar-refractivity contribution in [3.63, 3.8) is 0 Å². The van der Waals surface area contributed by atoms with Gasteiger partial charge in [-0.25, -0.2) is 0 Å². The molecule has 0 spiro atoms. The third-order valence-corrected chi connectivity index (χ3v) is 9.93. The fourth-order valence-electron chi connectivity index (χ4n) is 3.56. The minimum absolute atomic E-state index is 1.03. The van der Waals surface area contributed by atoms with Crippen LogP contribution >= 0.6 is 0 Å². The van der Waals surface area contributed by atoms with Crippen LogP contribution in [0.1, 0.15) is 105 Å². The second kappa shape index (κ2) is 19.4. The molecular weight excluding hydrogens is 332 g/mol. The fourth-order valence-corrected chi connectivity index (χ4v) is 8.31. The Morgan fingerprint density at radius 1 is 0.654 bits per heavy atom. The summed E-state index contributed by atoms with van der Waals surface area (Å²) in [5, 5.41) is 0. The first-order valence-electron chi connectivity index (χ1n) is 11.7. The van der Waals surface area contributed by atoms with Crippen LogP contribution in [0, 0.1) is 0 Å². The molecule has 0 aliphatic rings. The van der Waals surface area contributed by atoms with Crippen LogP contribution in [0.25, 0.3) is 0 Å². The Balaban J connectivity index is 4.05. The van der Waals surface area contributed by atoms with E-state index < -0.39 is 8.32 Å². The van der Waals surface area contributed by atoms with Gasteiger partial charge < -0.3 is 4.43 Å². The number of hydrogen-bond acceptors (Lipinski definition) is 1. The Bertz CT molecular complexity index is 313. The quantitative estimate of drug-likeness (QED) is 0.123. The molecular formula is C24H48OSi. The lowest BCUT2D eigenvalue weighted by Gasteiger charge is -2.32. The minimum atomic E-state index is -1.47. The van der Waals surface area contributed by atoms with E-state index in [0.717, 1.165) is 6.61 Å². The first-order chi connectivity index (χ1) is 12.7. The van der Waals surface area contributed by atoms with Crippen LogP contribution < -0.4 is 0 Å². The SMILES string of the molecule is CC=C/C=C/CCCCCCCO[Si](CCCC)(CCCC)CCCC. The Morgan fingerprint density at radius 2 is 1.19 bits per heavy atom. The summed E-state index contributed by atoms with van der Waals surface area (Å²) in [6.45, 7) is 10.1. The lowest BCUT2D eigenvalue weighted by molar-refractivity contribution is 0.282. The van der Waals surface area contributed by atoms with Crippen LogP contribution in [0.5, 0.6) is 0 Å². The molecule has 0 aromatic rings. The van der Waals surface area contributed by atoms with Crippen molar-refractivity contribution >= 4 is 8.32 Å². The molecule has 0 heterocycles. The predicted molar refractivity (Wildman–Crippen MR) is 123 cm³/mol. The second-order valence-electron chi connectivity index (χ2n) is 7.85. The van der Waals surface area contributed by atoms with Crippen molar-refractivity contribution in [1.82, 2.24) is 0 Å². The maximum atomic E-state index is 6.73. The molecule has 26 heavy (non-hydrogen) atoms. The number of rotatable bonds is 19. The lowest BCUT2D eigenvalue weighted by Crippen LogP contribution is -2.38. The monoisotopic (exact) mass is 380 g/mol. The molecule has 2 heteroatoms. The van der Waals surface area contributed by atoms with Crippen molar-refractivity contribution in [2.45, 2.75) is 123 Å². The molecule has 1 nitrogen and oxygen atoms in total. The van der Waals surface area contributed by atoms with Gasteiger partial charge in [0, 0.05) is 6.61 Å². The van der Waals surface area contributed by atoms with Gasteiger partial charge in [0.1, 0.15) is 0 Å². The van der Waals surface area contributed by atoms with Crippen LogP contribution in [0.2, 0.25) is 18.1 Å². The Kier molecular flexibility index (Phi) is 19.2. The van der Waals surface area contributed by atoms with E-state index in [4.69, 9.17) is 4.43 Å². The average Bonchev–Trinajstić information content (AvgIpc) is 2.66. The summed E-state index contributed by atoms with van der Waals surface area (Å²) in [4.78, 5) is 0. The van der Waals surface area contributed by atoms with E-state index >= 15 is 0 Å². The molecule has 0 N–H and O–H groups in total. The van der Waals surface area contributed by atoms with E-state index in [1.165, 1.54) is 95.2 Å². The third kappa shape index (κ3) is 14.8. The van der Waals surface area contributed by atoms with Crippen molar-refractivity contribution in [1.29, 1.82) is 0 Å². The highest BCUT2D eigenvalue weighted by Crippen LogP contribution is 2.30. The summed E-state index contributed by atoms with van der Waals surface area (Å²) in [6.07, 6.45) is 24.6. The maximum Gasteiger partial charge on any atom is 0.192 e. The highest BCUT2D eigenvalue weighted by molar-refractivity contribution is 6.73. The zero-order chi connectivity index (χ0) is 19.3. The molecule has 0 bridgehead atoms. The fraction of sp³-hybridized carbons (Fsp3) is 0.833. The predicted octanol–water partition coefficient (Wildman–Crippen LogP) is 8.82. The molecule has 154 valence electrons. The molecule has 0 fully saturated rings. The zero-order valence-corrected chi connectivity index (χ0v) is 19.5. The zero-order valence-electron chi connectivity index (χ0n) is 18.5. The summed E-state index contributed by atoms with van der Waals surface area (Å²) < 4.78 is 6.73. The van der Waals surface area contributed by atoms with Crippen LogP contribution in [-0.2, 0) is 4.43 Å². The molecule has 0 rings (SSSR count). The molecule has 0 aromatic carbocycles. The Labute approximate surface area is 166 Å². The van der Waals surface area contributed by atoms with E-state index in [2.05, 4.69) is 52.0 Å². The minimum Gasteiger partial charge on any atom is -0.417 e. The summed E-state index contributed by atoms with van der Waals surface area (Å²) in [5.74, 6) is 0. The van der Waals surface area contributed by atoms with E-state index in [-0.39, 0.29) is 0 Å². The van der Waals surface area contributed by atoms with Crippen LogP contribution in [0.4, 0.5) is 0 Å². The van der Waals surface area contributed by atoms with Crippen molar-refractivity contribution in [3.05, 3.63) is 24.3 Å². The number of unbranched alkanes of at least 4 members (excludes halogenated alkanes) is 8. The van der Waals surface area contributed by atoms with Gasteiger partial charge in [-0.05, 0) is 44.3 Å². The summed E-state index contributed by atoms with van der Waals surface area (Å²) >= 11 is 0. The lowest BCUT2D eigenvalue weighted by atomic mass is 10.1. The van der Waals surface area contributed by atoms with Gasteiger partial charge in [-0.3, -0.25) is 0 Å².